The highest BCUT2D eigenvalue weighted by atomic mass is 16.5. The van der Waals surface area contributed by atoms with E-state index in [1.54, 1.807) is 0 Å². The molecule has 1 aromatic rings. The summed E-state index contributed by atoms with van der Waals surface area (Å²) in [7, 11) is 0. The molecule has 1 aromatic carbocycles. The van der Waals surface area contributed by atoms with Crippen molar-refractivity contribution in [3.8, 4) is 5.75 Å². The SMILES string of the molecule is CC(C)Oc1ccc(C(O)CCC2CCCCO2)cc1. The molecule has 0 amide bonds. The van der Waals surface area contributed by atoms with Gasteiger partial charge in [0.2, 0.25) is 0 Å². The van der Waals surface area contributed by atoms with Gasteiger partial charge in [-0.15, -0.1) is 0 Å². The molecule has 1 fully saturated rings. The molecule has 2 unspecified atom stereocenters. The van der Waals surface area contributed by atoms with E-state index in [1.165, 1.54) is 12.8 Å². The molecule has 1 N–H and O–H groups in total. The molecular weight excluding hydrogens is 252 g/mol. The van der Waals surface area contributed by atoms with E-state index >= 15 is 0 Å². The Balaban J connectivity index is 1.80. The van der Waals surface area contributed by atoms with E-state index in [9.17, 15) is 5.11 Å². The Morgan fingerprint density at radius 1 is 1.25 bits per heavy atom. The van der Waals surface area contributed by atoms with Crippen LogP contribution >= 0.6 is 0 Å². The van der Waals surface area contributed by atoms with E-state index in [0.717, 1.165) is 37.2 Å². The fourth-order valence-electron chi connectivity index (χ4n) is 2.59. The molecule has 0 spiro atoms. The van der Waals surface area contributed by atoms with Crippen LogP contribution in [0.25, 0.3) is 0 Å². The predicted molar refractivity (Wildman–Crippen MR) is 80.0 cm³/mol. The summed E-state index contributed by atoms with van der Waals surface area (Å²) in [6.45, 7) is 4.89. The lowest BCUT2D eigenvalue weighted by Crippen LogP contribution is -2.19. The summed E-state index contributed by atoms with van der Waals surface area (Å²) in [6.07, 6.45) is 5.36. The molecular formula is C17H26O3. The van der Waals surface area contributed by atoms with Crippen LogP contribution in [-0.4, -0.2) is 23.9 Å². The highest BCUT2D eigenvalue weighted by Crippen LogP contribution is 2.25. The van der Waals surface area contributed by atoms with Gasteiger partial charge in [-0.1, -0.05) is 12.1 Å². The van der Waals surface area contributed by atoms with Gasteiger partial charge in [0.05, 0.1) is 18.3 Å². The van der Waals surface area contributed by atoms with Crippen LogP contribution < -0.4 is 4.74 Å². The minimum absolute atomic E-state index is 0.175. The van der Waals surface area contributed by atoms with Gasteiger partial charge in [0.25, 0.3) is 0 Å². The molecule has 3 nitrogen and oxygen atoms in total. The molecule has 2 rings (SSSR count). The van der Waals surface area contributed by atoms with Crippen LogP contribution in [0.2, 0.25) is 0 Å². The van der Waals surface area contributed by atoms with Crippen LogP contribution in [0.15, 0.2) is 24.3 Å². The summed E-state index contributed by atoms with van der Waals surface area (Å²) >= 11 is 0. The average molecular weight is 278 g/mol. The number of aliphatic hydroxyl groups excluding tert-OH is 1. The maximum absolute atomic E-state index is 10.2. The van der Waals surface area contributed by atoms with Gasteiger partial charge in [-0.25, -0.2) is 0 Å². The highest BCUT2D eigenvalue weighted by Gasteiger charge is 2.16. The quantitative estimate of drug-likeness (QED) is 0.859. The van der Waals surface area contributed by atoms with Crippen molar-refractivity contribution in [2.45, 2.75) is 64.3 Å². The summed E-state index contributed by atoms with van der Waals surface area (Å²) in [4.78, 5) is 0. The first-order chi connectivity index (χ1) is 9.65. The molecule has 0 saturated carbocycles. The minimum Gasteiger partial charge on any atom is -0.491 e. The van der Waals surface area contributed by atoms with Crippen molar-refractivity contribution in [2.75, 3.05) is 6.61 Å². The van der Waals surface area contributed by atoms with E-state index in [2.05, 4.69) is 0 Å². The van der Waals surface area contributed by atoms with Crippen LogP contribution in [0, 0.1) is 0 Å². The Kier molecular flexibility index (Phi) is 5.86. The predicted octanol–water partition coefficient (Wildman–Crippen LogP) is 3.86. The molecule has 112 valence electrons. The first-order valence-corrected chi connectivity index (χ1v) is 7.71. The Labute approximate surface area is 121 Å². The molecule has 1 heterocycles. The first-order valence-electron chi connectivity index (χ1n) is 7.71. The molecule has 20 heavy (non-hydrogen) atoms. The van der Waals surface area contributed by atoms with Gasteiger partial charge in [-0.05, 0) is 63.6 Å². The van der Waals surface area contributed by atoms with E-state index in [1.807, 2.05) is 38.1 Å². The Bertz CT molecular complexity index is 380. The second kappa shape index (κ2) is 7.65. The largest absolute Gasteiger partial charge is 0.491 e. The van der Waals surface area contributed by atoms with Crippen LogP contribution in [0.4, 0.5) is 0 Å². The molecule has 0 aliphatic carbocycles. The second-order valence-corrected chi connectivity index (χ2v) is 5.82. The van der Waals surface area contributed by atoms with Crippen LogP contribution in [0.1, 0.15) is 57.6 Å². The summed E-state index contributed by atoms with van der Waals surface area (Å²) in [5.41, 5.74) is 0.955. The maximum Gasteiger partial charge on any atom is 0.119 e. The molecule has 1 aliphatic rings. The fourth-order valence-corrected chi connectivity index (χ4v) is 2.59. The van der Waals surface area contributed by atoms with E-state index in [0.29, 0.717) is 6.10 Å². The van der Waals surface area contributed by atoms with Gasteiger partial charge in [0.15, 0.2) is 0 Å². The Hall–Kier alpha value is -1.06. The Morgan fingerprint density at radius 3 is 2.60 bits per heavy atom. The number of rotatable bonds is 6. The van der Waals surface area contributed by atoms with Crippen molar-refractivity contribution in [1.29, 1.82) is 0 Å². The molecule has 0 bridgehead atoms. The van der Waals surface area contributed by atoms with E-state index in [4.69, 9.17) is 9.47 Å². The number of hydrogen-bond acceptors (Lipinski definition) is 3. The number of benzene rings is 1. The van der Waals surface area contributed by atoms with Gasteiger partial charge in [0.1, 0.15) is 5.75 Å². The van der Waals surface area contributed by atoms with Gasteiger partial charge in [-0.3, -0.25) is 0 Å². The van der Waals surface area contributed by atoms with Crippen molar-refractivity contribution in [1.82, 2.24) is 0 Å². The standard InChI is InChI=1S/C17H26O3/c1-13(2)20-16-8-6-14(7-9-16)17(18)11-10-15-5-3-4-12-19-15/h6-9,13,15,17-18H,3-5,10-12H2,1-2H3. The average Bonchev–Trinajstić information content (AvgIpc) is 2.46. The number of hydrogen-bond donors (Lipinski definition) is 1. The van der Waals surface area contributed by atoms with E-state index in [-0.39, 0.29) is 6.10 Å². The summed E-state index contributed by atoms with van der Waals surface area (Å²) < 4.78 is 11.3. The van der Waals surface area contributed by atoms with E-state index < -0.39 is 6.10 Å². The molecule has 1 aliphatic heterocycles. The van der Waals surface area contributed by atoms with Crippen molar-refractivity contribution < 1.29 is 14.6 Å². The van der Waals surface area contributed by atoms with Crippen molar-refractivity contribution in [3.05, 3.63) is 29.8 Å². The number of aliphatic hydroxyl groups is 1. The zero-order valence-corrected chi connectivity index (χ0v) is 12.5. The molecule has 2 atom stereocenters. The van der Waals surface area contributed by atoms with Crippen LogP contribution in [-0.2, 0) is 4.74 Å². The monoisotopic (exact) mass is 278 g/mol. The van der Waals surface area contributed by atoms with Gasteiger partial charge < -0.3 is 14.6 Å². The molecule has 3 heteroatoms. The normalized spacial score (nSPS) is 20.9. The minimum atomic E-state index is -0.409. The van der Waals surface area contributed by atoms with Gasteiger partial charge in [0, 0.05) is 6.61 Å². The molecule has 0 radical (unpaired) electrons. The van der Waals surface area contributed by atoms with Crippen molar-refractivity contribution in [2.24, 2.45) is 0 Å². The molecule has 0 aromatic heterocycles. The summed E-state index contributed by atoms with van der Waals surface area (Å²) in [5.74, 6) is 0.853. The smallest absolute Gasteiger partial charge is 0.119 e. The third-order valence-corrected chi connectivity index (χ3v) is 3.67. The first kappa shape index (κ1) is 15.3. The van der Waals surface area contributed by atoms with Gasteiger partial charge >= 0.3 is 0 Å². The van der Waals surface area contributed by atoms with Gasteiger partial charge in [-0.2, -0.15) is 0 Å². The third kappa shape index (κ3) is 4.80. The lowest BCUT2D eigenvalue weighted by atomic mass is 9.99. The third-order valence-electron chi connectivity index (χ3n) is 3.67. The van der Waals surface area contributed by atoms with Crippen LogP contribution in [0.5, 0.6) is 5.75 Å². The topological polar surface area (TPSA) is 38.7 Å². The maximum atomic E-state index is 10.2. The number of ether oxygens (including phenoxy) is 2. The zero-order chi connectivity index (χ0) is 14.4. The van der Waals surface area contributed by atoms with Crippen LogP contribution in [0.3, 0.4) is 0 Å². The highest BCUT2D eigenvalue weighted by molar-refractivity contribution is 5.28. The Morgan fingerprint density at radius 2 is 2.00 bits per heavy atom. The molecule has 1 saturated heterocycles. The zero-order valence-electron chi connectivity index (χ0n) is 12.5. The van der Waals surface area contributed by atoms with Crippen molar-refractivity contribution >= 4 is 0 Å². The summed E-state index contributed by atoms with van der Waals surface area (Å²) in [5, 5.41) is 10.2. The fraction of sp³-hybridized carbons (Fsp3) is 0.647. The lowest BCUT2D eigenvalue weighted by Gasteiger charge is -2.23. The lowest BCUT2D eigenvalue weighted by molar-refractivity contribution is 0.00212. The van der Waals surface area contributed by atoms with Crippen molar-refractivity contribution in [3.63, 3.8) is 0 Å². The second-order valence-electron chi connectivity index (χ2n) is 5.82. The summed E-state index contributed by atoms with van der Waals surface area (Å²) in [6, 6.07) is 7.75.